The van der Waals surface area contributed by atoms with Gasteiger partial charge in [-0.25, -0.2) is 8.78 Å². The van der Waals surface area contributed by atoms with Gasteiger partial charge in [0.15, 0.2) is 5.96 Å². The van der Waals surface area contributed by atoms with E-state index in [1.807, 2.05) is 0 Å². The molecule has 1 aliphatic heterocycles. The molecule has 1 saturated carbocycles. The van der Waals surface area contributed by atoms with E-state index in [9.17, 15) is 8.78 Å². The third-order valence-electron chi connectivity index (χ3n) is 3.45. The molecule has 0 spiro atoms. The number of halogens is 2. The van der Waals surface area contributed by atoms with Gasteiger partial charge in [-0.2, -0.15) is 0 Å². The van der Waals surface area contributed by atoms with Gasteiger partial charge in [-0.05, 0) is 25.7 Å². The summed E-state index contributed by atoms with van der Waals surface area (Å²) in [5, 5.41) is 2.92. The van der Waals surface area contributed by atoms with Crippen molar-refractivity contribution < 1.29 is 13.5 Å². The van der Waals surface area contributed by atoms with E-state index in [0.717, 1.165) is 19.4 Å². The molecule has 2 fully saturated rings. The number of alkyl halides is 2. The van der Waals surface area contributed by atoms with E-state index in [4.69, 9.17) is 10.5 Å². The molecule has 98 valence electrons. The predicted molar refractivity (Wildman–Crippen MR) is 61.1 cm³/mol. The van der Waals surface area contributed by atoms with E-state index in [1.54, 1.807) is 0 Å². The first-order chi connectivity index (χ1) is 8.12. The molecule has 1 unspecified atom stereocenters. The van der Waals surface area contributed by atoms with Crippen LogP contribution in [0.15, 0.2) is 4.99 Å². The summed E-state index contributed by atoms with van der Waals surface area (Å²) in [5.74, 6) is 0.243. The Kier molecular flexibility index (Phi) is 3.81. The number of hydrogen-bond donors (Lipinski definition) is 2. The van der Waals surface area contributed by atoms with Crippen LogP contribution in [0.1, 0.15) is 25.7 Å². The van der Waals surface area contributed by atoms with Gasteiger partial charge >= 0.3 is 0 Å². The van der Waals surface area contributed by atoms with Crippen LogP contribution in [0.5, 0.6) is 0 Å². The maximum Gasteiger partial charge on any atom is 0.245 e. The molecule has 17 heavy (non-hydrogen) atoms. The Labute approximate surface area is 99.6 Å². The minimum Gasteiger partial charge on any atom is -0.376 e. The van der Waals surface area contributed by atoms with Crippen molar-refractivity contribution in [3.8, 4) is 0 Å². The van der Waals surface area contributed by atoms with E-state index < -0.39 is 11.8 Å². The quantitative estimate of drug-likeness (QED) is 0.565. The summed E-state index contributed by atoms with van der Waals surface area (Å²) >= 11 is 0. The highest BCUT2D eigenvalue weighted by atomic mass is 19.3. The Balaban J connectivity index is 1.70. The second kappa shape index (κ2) is 5.16. The van der Waals surface area contributed by atoms with Crippen LogP contribution in [0.2, 0.25) is 0 Å². The lowest BCUT2D eigenvalue weighted by Crippen LogP contribution is -2.37. The summed E-state index contributed by atoms with van der Waals surface area (Å²) in [5.41, 5.74) is 4.73. The molecule has 0 aromatic rings. The zero-order valence-electron chi connectivity index (χ0n) is 9.79. The molecule has 0 amide bonds. The van der Waals surface area contributed by atoms with Crippen molar-refractivity contribution in [2.45, 2.75) is 38.2 Å². The first kappa shape index (κ1) is 12.5. The lowest BCUT2D eigenvalue weighted by Gasteiger charge is -2.13. The Morgan fingerprint density at radius 1 is 1.53 bits per heavy atom. The molecule has 0 aromatic carbocycles. The molecule has 1 aliphatic carbocycles. The summed E-state index contributed by atoms with van der Waals surface area (Å²) in [4.78, 5) is 3.99. The highest BCUT2D eigenvalue weighted by Gasteiger charge is 2.50. The fourth-order valence-corrected chi connectivity index (χ4v) is 1.93. The second-order valence-corrected chi connectivity index (χ2v) is 4.88. The average molecular weight is 247 g/mol. The topological polar surface area (TPSA) is 59.6 Å². The minimum atomic E-state index is -2.29. The molecule has 6 heteroatoms. The van der Waals surface area contributed by atoms with Crippen LogP contribution in [0, 0.1) is 5.41 Å². The average Bonchev–Trinajstić information content (AvgIpc) is 2.93. The Morgan fingerprint density at radius 2 is 2.29 bits per heavy atom. The second-order valence-electron chi connectivity index (χ2n) is 4.88. The van der Waals surface area contributed by atoms with Gasteiger partial charge in [0.05, 0.1) is 18.1 Å². The first-order valence-corrected chi connectivity index (χ1v) is 6.06. The van der Waals surface area contributed by atoms with E-state index >= 15 is 0 Å². The maximum absolute atomic E-state index is 12.6. The molecular formula is C11H19F2N3O. The standard InChI is InChI=1S/C11H19F2N3O/c12-9(13)11(3-4-11)7-16-10(14)15-6-8-2-1-5-17-8/h8-9H,1-7H2,(H3,14,15,16). The molecule has 0 aromatic heterocycles. The third-order valence-corrected chi connectivity index (χ3v) is 3.45. The smallest absolute Gasteiger partial charge is 0.245 e. The number of nitrogens with zero attached hydrogens (tertiary/aromatic N) is 1. The highest BCUT2D eigenvalue weighted by molar-refractivity contribution is 5.77. The fraction of sp³-hybridized carbons (Fsp3) is 0.909. The molecule has 0 bridgehead atoms. The monoisotopic (exact) mass is 247 g/mol. The number of nitrogens with one attached hydrogen (secondary N) is 1. The van der Waals surface area contributed by atoms with Crippen LogP contribution in [-0.2, 0) is 4.74 Å². The number of guanidine groups is 1. The van der Waals surface area contributed by atoms with Crippen molar-refractivity contribution in [3.63, 3.8) is 0 Å². The summed E-state index contributed by atoms with van der Waals surface area (Å²) in [6, 6.07) is 0. The van der Waals surface area contributed by atoms with Gasteiger partial charge in [-0.15, -0.1) is 0 Å². The van der Waals surface area contributed by atoms with E-state index in [1.165, 1.54) is 0 Å². The van der Waals surface area contributed by atoms with Crippen LogP contribution >= 0.6 is 0 Å². The molecule has 1 heterocycles. The lowest BCUT2D eigenvalue weighted by molar-refractivity contribution is 0.0666. The number of aliphatic imine (C=N–C) groups is 1. The summed E-state index contributed by atoms with van der Waals surface area (Å²) in [6.07, 6.45) is 1.06. The van der Waals surface area contributed by atoms with Gasteiger partial charge in [-0.1, -0.05) is 0 Å². The van der Waals surface area contributed by atoms with Crippen molar-refractivity contribution >= 4 is 5.96 Å². The molecule has 0 radical (unpaired) electrons. The maximum atomic E-state index is 12.6. The van der Waals surface area contributed by atoms with E-state index in [2.05, 4.69) is 10.3 Å². The van der Waals surface area contributed by atoms with Crippen LogP contribution in [-0.4, -0.2) is 38.2 Å². The normalized spacial score (nSPS) is 27.5. The van der Waals surface area contributed by atoms with E-state index in [0.29, 0.717) is 19.4 Å². The van der Waals surface area contributed by atoms with Crippen LogP contribution in [0.25, 0.3) is 0 Å². The van der Waals surface area contributed by atoms with Crippen molar-refractivity contribution in [1.29, 1.82) is 0 Å². The van der Waals surface area contributed by atoms with Gasteiger partial charge < -0.3 is 15.8 Å². The van der Waals surface area contributed by atoms with E-state index in [-0.39, 0.29) is 18.6 Å². The molecule has 2 rings (SSSR count). The molecule has 2 aliphatic rings. The minimum absolute atomic E-state index is 0.120. The number of nitrogens with two attached hydrogens (primary N) is 1. The molecular weight excluding hydrogens is 228 g/mol. The highest BCUT2D eigenvalue weighted by Crippen LogP contribution is 2.50. The molecule has 1 saturated heterocycles. The van der Waals surface area contributed by atoms with Crippen molar-refractivity contribution in [3.05, 3.63) is 0 Å². The molecule has 3 N–H and O–H groups in total. The summed E-state index contributed by atoms with van der Waals surface area (Å²) in [6.45, 7) is 1.52. The van der Waals surface area contributed by atoms with Gasteiger partial charge in [-0.3, -0.25) is 4.99 Å². The Bertz CT molecular complexity index is 286. The van der Waals surface area contributed by atoms with Crippen molar-refractivity contribution in [2.24, 2.45) is 16.1 Å². The largest absolute Gasteiger partial charge is 0.376 e. The third kappa shape index (κ3) is 3.28. The SMILES string of the molecule is NC(=NCC1(C(F)F)CC1)NCC1CCCO1. The van der Waals surface area contributed by atoms with Crippen molar-refractivity contribution in [1.82, 2.24) is 5.32 Å². The van der Waals surface area contributed by atoms with Gasteiger partial charge in [0.2, 0.25) is 6.43 Å². The Morgan fingerprint density at radius 3 is 2.82 bits per heavy atom. The summed E-state index contributed by atoms with van der Waals surface area (Å²) < 4.78 is 30.6. The zero-order valence-corrected chi connectivity index (χ0v) is 9.79. The van der Waals surface area contributed by atoms with Gasteiger partial charge in [0.25, 0.3) is 0 Å². The van der Waals surface area contributed by atoms with Gasteiger partial charge in [0.1, 0.15) is 0 Å². The summed E-state index contributed by atoms with van der Waals surface area (Å²) in [7, 11) is 0. The zero-order chi connectivity index (χ0) is 12.3. The van der Waals surface area contributed by atoms with Gasteiger partial charge in [0, 0.05) is 13.2 Å². The number of hydrogen-bond acceptors (Lipinski definition) is 2. The molecule has 1 atom stereocenters. The predicted octanol–water partition coefficient (Wildman–Crippen LogP) is 1.11. The first-order valence-electron chi connectivity index (χ1n) is 6.06. The lowest BCUT2D eigenvalue weighted by atomic mass is 10.1. The molecule has 4 nitrogen and oxygen atoms in total. The van der Waals surface area contributed by atoms with Crippen LogP contribution in [0.3, 0.4) is 0 Å². The Hall–Kier alpha value is -0.910. The fourth-order valence-electron chi connectivity index (χ4n) is 1.93. The number of rotatable bonds is 5. The number of ether oxygens (including phenoxy) is 1. The van der Waals surface area contributed by atoms with Crippen LogP contribution in [0.4, 0.5) is 8.78 Å². The van der Waals surface area contributed by atoms with Crippen LogP contribution < -0.4 is 11.1 Å². The van der Waals surface area contributed by atoms with Crippen molar-refractivity contribution in [2.75, 3.05) is 19.7 Å².